The summed E-state index contributed by atoms with van der Waals surface area (Å²) in [6.45, 7) is 2.22. The molecule has 0 amide bonds. The van der Waals surface area contributed by atoms with E-state index in [4.69, 9.17) is 14.5 Å². The molecular weight excluding hydrogens is 487 g/mol. The predicted molar refractivity (Wildman–Crippen MR) is 150 cm³/mol. The molecule has 1 aromatic rings. The number of hydrogen-bond donors (Lipinski definition) is 1. The van der Waals surface area contributed by atoms with E-state index in [1.165, 1.54) is 109 Å². The van der Waals surface area contributed by atoms with Crippen LogP contribution in [0.25, 0.3) is 0 Å². The first-order chi connectivity index (χ1) is 18.0. The van der Waals surface area contributed by atoms with Crippen molar-refractivity contribution in [3.8, 4) is 11.8 Å². The van der Waals surface area contributed by atoms with E-state index in [1.54, 1.807) is 12.1 Å². The topological polar surface area (TPSA) is 102 Å². The molecule has 7 nitrogen and oxygen atoms in total. The van der Waals surface area contributed by atoms with Crippen LogP contribution in [0, 0.1) is 11.3 Å². The van der Waals surface area contributed by atoms with Crippen LogP contribution in [0.4, 0.5) is 0 Å². The van der Waals surface area contributed by atoms with Gasteiger partial charge in [0.25, 0.3) is 0 Å². The normalized spacial score (nSPS) is 13.7. The Hall–Kier alpha value is -1.45. The third kappa shape index (κ3) is 19.3. The average molecular weight is 539 g/mol. The van der Waals surface area contributed by atoms with Crippen LogP contribution >= 0.6 is 7.82 Å². The summed E-state index contributed by atoms with van der Waals surface area (Å²) < 4.78 is 27.1. The van der Waals surface area contributed by atoms with Gasteiger partial charge in [-0.3, -0.25) is 9.05 Å². The number of nitriles is 1. The molecule has 1 aromatic heterocycles. The van der Waals surface area contributed by atoms with Crippen molar-refractivity contribution >= 4 is 7.82 Å². The molecule has 0 fully saturated rings. The van der Waals surface area contributed by atoms with E-state index in [0.29, 0.717) is 17.9 Å². The van der Waals surface area contributed by atoms with Crippen LogP contribution in [0.3, 0.4) is 0 Å². The Balaban J connectivity index is 2.07. The van der Waals surface area contributed by atoms with E-state index >= 15 is 0 Å². The van der Waals surface area contributed by atoms with Crippen molar-refractivity contribution in [2.24, 2.45) is 0 Å². The van der Waals surface area contributed by atoms with Crippen molar-refractivity contribution in [2.45, 2.75) is 135 Å². The van der Waals surface area contributed by atoms with E-state index in [1.807, 2.05) is 6.07 Å². The minimum absolute atomic E-state index is 0.0550. The quantitative estimate of drug-likeness (QED) is 0.0979. The molecular formula is C29H51N2O5P. The molecule has 0 aliphatic rings. The minimum Gasteiger partial charge on any atom is -0.486 e. The fraction of sp³-hybridized carbons (Fsp3) is 0.793. The Morgan fingerprint density at radius 2 is 1.35 bits per heavy atom. The molecule has 0 radical (unpaired) electrons. The van der Waals surface area contributed by atoms with Gasteiger partial charge in [0, 0.05) is 7.11 Å². The fourth-order valence-corrected chi connectivity index (χ4v) is 4.85. The number of pyridine rings is 1. The van der Waals surface area contributed by atoms with Crippen molar-refractivity contribution in [3.63, 3.8) is 0 Å². The maximum atomic E-state index is 11.7. The molecule has 0 saturated carbocycles. The molecule has 0 bridgehead atoms. The zero-order chi connectivity index (χ0) is 27.0. The number of phosphoric ester groups is 1. The maximum Gasteiger partial charge on any atom is 0.472 e. The summed E-state index contributed by atoms with van der Waals surface area (Å²) >= 11 is 0. The highest BCUT2D eigenvalue weighted by atomic mass is 31.2. The van der Waals surface area contributed by atoms with Crippen molar-refractivity contribution in [3.05, 3.63) is 24.0 Å². The van der Waals surface area contributed by atoms with Crippen LogP contribution in [0.15, 0.2) is 18.3 Å². The van der Waals surface area contributed by atoms with E-state index in [2.05, 4.69) is 16.4 Å². The molecule has 0 spiro atoms. The van der Waals surface area contributed by atoms with Crippen LogP contribution in [0.1, 0.15) is 135 Å². The first-order valence-electron chi connectivity index (χ1n) is 14.6. The Morgan fingerprint density at radius 1 is 0.865 bits per heavy atom. The van der Waals surface area contributed by atoms with Crippen LogP contribution in [-0.4, -0.2) is 29.7 Å². The first-order valence-corrected chi connectivity index (χ1v) is 16.1. The van der Waals surface area contributed by atoms with Gasteiger partial charge in [-0.1, -0.05) is 116 Å². The zero-order valence-electron chi connectivity index (χ0n) is 23.4. The molecule has 0 aromatic carbocycles. The summed E-state index contributed by atoms with van der Waals surface area (Å²) in [7, 11) is -2.92. The minimum atomic E-state index is -4.06. The van der Waals surface area contributed by atoms with Gasteiger partial charge in [0.2, 0.25) is 0 Å². The van der Waals surface area contributed by atoms with Crippen molar-refractivity contribution < 1.29 is 23.2 Å². The lowest BCUT2D eigenvalue weighted by Crippen LogP contribution is -2.23. The summed E-state index contributed by atoms with van der Waals surface area (Å²) in [6, 6.07) is 5.22. The van der Waals surface area contributed by atoms with E-state index in [9.17, 15) is 9.46 Å². The molecule has 8 heteroatoms. The molecule has 2 atom stereocenters. The van der Waals surface area contributed by atoms with Gasteiger partial charge < -0.3 is 9.63 Å². The highest BCUT2D eigenvalue weighted by Gasteiger charge is 2.22. The lowest BCUT2D eigenvalue weighted by molar-refractivity contribution is 0.0877. The van der Waals surface area contributed by atoms with Gasteiger partial charge in [0.15, 0.2) is 0 Å². The van der Waals surface area contributed by atoms with E-state index < -0.39 is 13.9 Å². The number of ether oxygens (including phenoxy) is 1. The SMILES string of the molecule is CCCCCCCCCCCCCCCCCCCC[C@@H](COP(=O)(O)OC)Oc1ccc(C#N)nc1. The largest absolute Gasteiger partial charge is 0.486 e. The van der Waals surface area contributed by atoms with E-state index in [0.717, 1.165) is 20.0 Å². The third-order valence-corrected chi connectivity index (χ3v) is 7.62. The fourth-order valence-electron chi connectivity index (χ4n) is 4.39. The monoisotopic (exact) mass is 538 g/mol. The third-order valence-electron chi connectivity index (χ3n) is 6.69. The molecule has 0 aliphatic carbocycles. The second-order valence-corrected chi connectivity index (χ2v) is 11.5. The summed E-state index contributed by atoms with van der Waals surface area (Å²) in [5.41, 5.74) is 0.308. The van der Waals surface area contributed by atoms with Gasteiger partial charge in [-0.05, 0) is 25.0 Å². The summed E-state index contributed by atoms with van der Waals surface area (Å²) in [4.78, 5) is 13.5. The standard InChI is InChI=1S/C29H51N2O5P/c1-3-4-5-6-7-8-9-10-11-12-13-14-15-16-17-18-19-20-21-29(26-35-37(32,33)34-2)36-28-23-22-27(24-30)31-25-28/h22-23,25,29H,3-21,26H2,1-2H3,(H,32,33)/t29-/m0/s1. The van der Waals surface area contributed by atoms with Crippen molar-refractivity contribution in [2.75, 3.05) is 13.7 Å². The lowest BCUT2D eigenvalue weighted by Gasteiger charge is -2.20. The zero-order valence-corrected chi connectivity index (χ0v) is 24.3. The van der Waals surface area contributed by atoms with E-state index in [-0.39, 0.29) is 6.61 Å². The number of hydrogen-bond acceptors (Lipinski definition) is 6. The molecule has 1 heterocycles. The lowest BCUT2D eigenvalue weighted by atomic mass is 10.0. The molecule has 37 heavy (non-hydrogen) atoms. The number of rotatable bonds is 25. The number of phosphoric acid groups is 1. The van der Waals surface area contributed by atoms with Crippen LogP contribution in [0.5, 0.6) is 5.75 Å². The average Bonchev–Trinajstić information content (AvgIpc) is 2.91. The summed E-state index contributed by atoms with van der Waals surface area (Å²) in [6.07, 6.45) is 25.6. The van der Waals surface area contributed by atoms with Crippen molar-refractivity contribution in [1.82, 2.24) is 4.98 Å². The molecule has 0 aliphatic heterocycles. The van der Waals surface area contributed by atoms with Gasteiger partial charge in [0.1, 0.15) is 23.6 Å². The number of nitrogens with zero attached hydrogens (tertiary/aromatic N) is 2. The first kappa shape index (κ1) is 33.6. The van der Waals surface area contributed by atoms with Gasteiger partial charge in [0.05, 0.1) is 12.8 Å². The molecule has 1 rings (SSSR count). The molecule has 0 saturated heterocycles. The molecule has 212 valence electrons. The summed E-state index contributed by atoms with van der Waals surface area (Å²) in [5, 5.41) is 8.89. The van der Waals surface area contributed by atoms with Crippen LogP contribution < -0.4 is 4.74 Å². The second-order valence-electron chi connectivity index (χ2n) is 9.98. The summed E-state index contributed by atoms with van der Waals surface area (Å²) in [5.74, 6) is 0.500. The Kier molecular flexibility index (Phi) is 20.4. The maximum absolute atomic E-state index is 11.7. The highest BCUT2D eigenvalue weighted by molar-refractivity contribution is 7.47. The molecule has 1 N–H and O–H groups in total. The molecule has 1 unspecified atom stereocenters. The second kappa shape index (κ2) is 22.5. The van der Waals surface area contributed by atoms with Gasteiger partial charge >= 0.3 is 7.82 Å². The Labute approximate surface area is 225 Å². The van der Waals surface area contributed by atoms with Gasteiger partial charge in [-0.15, -0.1) is 0 Å². The Bertz CT molecular complexity index is 754. The van der Waals surface area contributed by atoms with Gasteiger partial charge in [-0.25, -0.2) is 9.55 Å². The smallest absolute Gasteiger partial charge is 0.472 e. The Morgan fingerprint density at radius 3 is 1.76 bits per heavy atom. The van der Waals surface area contributed by atoms with Crippen LogP contribution in [0.2, 0.25) is 0 Å². The van der Waals surface area contributed by atoms with Crippen molar-refractivity contribution in [1.29, 1.82) is 5.26 Å². The predicted octanol–water partition coefficient (Wildman–Crippen LogP) is 8.90. The van der Waals surface area contributed by atoms with Gasteiger partial charge in [-0.2, -0.15) is 5.26 Å². The van der Waals surface area contributed by atoms with Crippen LogP contribution in [-0.2, 0) is 13.6 Å². The number of aromatic nitrogens is 1. The highest BCUT2D eigenvalue weighted by Crippen LogP contribution is 2.42. The number of unbranched alkanes of at least 4 members (excludes halogenated alkanes) is 17.